The molecule has 0 saturated heterocycles. The van der Waals surface area contributed by atoms with Gasteiger partial charge >= 0.3 is 0 Å². The lowest BCUT2D eigenvalue weighted by Crippen LogP contribution is -2.36. The summed E-state index contributed by atoms with van der Waals surface area (Å²) in [6, 6.07) is 10.7. The summed E-state index contributed by atoms with van der Waals surface area (Å²) in [6.45, 7) is 0.984. The molecule has 0 radical (unpaired) electrons. The van der Waals surface area contributed by atoms with Gasteiger partial charge in [-0.25, -0.2) is 0 Å². The molecule has 0 spiro atoms. The molecule has 2 aromatic carbocycles. The van der Waals surface area contributed by atoms with Gasteiger partial charge in [0.15, 0.2) is 0 Å². The van der Waals surface area contributed by atoms with E-state index in [2.05, 4.69) is 24.3 Å². The number of methoxy groups -OCH3 is 1. The lowest BCUT2D eigenvalue weighted by molar-refractivity contribution is 0.415. The van der Waals surface area contributed by atoms with Crippen molar-refractivity contribution in [3.63, 3.8) is 0 Å². The third kappa shape index (κ3) is 2.32. The van der Waals surface area contributed by atoms with Crippen LogP contribution in [0, 0.1) is 5.92 Å². The molecule has 4 rings (SSSR count). The lowest BCUT2D eigenvalue weighted by atomic mass is 9.81. The van der Waals surface area contributed by atoms with Crippen LogP contribution in [0.4, 0.5) is 0 Å². The first-order valence-corrected chi connectivity index (χ1v) is 7.51. The largest absolute Gasteiger partial charge is 0.497 e. The molecule has 1 aliphatic heterocycles. The van der Waals surface area contributed by atoms with Gasteiger partial charge in [-0.05, 0) is 48.2 Å². The highest BCUT2D eigenvalue weighted by Crippen LogP contribution is 2.31. The summed E-state index contributed by atoms with van der Waals surface area (Å²) in [4.78, 5) is 4.82. The Bertz CT molecular complexity index is 797. The van der Waals surface area contributed by atoms with E-state index in [1.807, 2.05) is 6.07 Å². The van der Waals surface area contributed by atoms with Crippen LogP contribution in [0.15, 0.2) is 35.3 Å². The molecule has 0 amide bonds. The van der Waals surface area contributed by atoms with Crippen molar-refractivity contribution in [3.8, 4) is 5.75 Å². The smallest absolute Gasteiger partial charge is 0.119 e. The summed E-state index contributed by atoms with van der Waals surface area (Å²) in [6.07, 6.45) is 5.22. The highest BCUT2D eigenvalue weighted by atomic mass is 35.5. The van der Waals surface area contributed by atoms with Crippen LogP contribution in [0.5, 0.6) is 5.75 Å². The zero-order chi connectivity index (χ0) is 13.5. The maximum Gasteiger partial charge on any atom is 0.119 e. The van der Waals surface area contributed by atoms with E-state index in [1.165, 1.54) is 47.0 Å². The fourth-order valence-electron chi connectivity index (χ4n) is 3.71. The summed E-state index contributed by atoms with van der Waals surface area (Å²) in [7, 11) is 1.73. The number of nitrogens with zero attached hydrogens (tertiary/aromatic N) is 1. The Morgan fingerprint density at radius 2 is 2.00 bits per heavy atom. The van der Waals surface area contributed by atoms with Crippen molar-refractivity contribution in [2.45, 2.75) is 25.7 Å². The second-order valence-electron chi connectivity index (χ2n) is 5.86. The van der Waals surface area contributed by atoms with Crippen molar-refractivity contribution in [2.75, 3.05) is 13.7 Å². The van der Waals surface area contributed by atoms with Gasteiger partial charge in [-0.2, -0.15) is 0 Å². The van der Waals surface area contributed by atoms with Crippen molar-refractivity contribution in [1.82, 2.24) is 0 Å². The molecule has 0 N–H and O–H groups in total. The van der Waals surface area contributed by atoms with Crippen molar-refractivity contribution < 1.29 is 4.74 Å². The fourth-order valence-corrected chi connectivity index (χ4v) is 3.71. The Labute approximate surface area is 130 Å². The minimum absolute atomic E-state index is 0. The molecule has 21 heavy (non-hydrogen) atoms. The fraction of sp³-hybridized carbons (Fsp3) is 0.389. The van der Waals surface area contributed by atoms with Gasteiger partial charge in [0, 0.05) is 17.7 Å². The Morgan fingerprint density at radius 1 is 1.14 bits per heavy atom. The summed E-state index contributed by atoms with van der Waals surface area (Å²) in [5.74, 6) is 1.61. The normalized spacial score (nSPS) is 20.0. The Kier molecular flexibility index (Phi) is 3.90. The average molecular weight is 302 g/mol. The zero-order valence-corrected chi connectivity index (χ0v) is 13.1. The van der Waals surface area contributed by atoms with Crippen LogP contribution in [0.1, 0.15) is 25.7 Å². The molecule has 110 valence electrons. The summed E-state index contributed by atoms with van der Waals surface area (Å²) in [5, 5.41) is 5.18. The summed E-state index contributed by atoms with van der Waals surface area (Å²) in [5.41, 5.74) is 1.64. The maximum atomic E-state index is 5.41. The predicted octanol–water partition coefficient (Wildman–Crippen LogP) is 3.24. The molecule has 0 aromatic heterocycles. The van der Waals surface area contributed by atoms with Crippen molar-refractivity contribution in [2.24, 2.45) is 10.9 Å². The number of benzene rings is 2. The highest BCUT2D eigenvalue weighted by molar-refractivity contribution is 5.86. The third-order valence-corrected chi connectivity index (χ3v) is 4.75. The van der Waals surface area contributed by atoms with E-state index in [0.717, 1.165) is 12.3 Å². The van der Waals surface area contributed by atoms with Crippen LogP contribution in [-0.2, 0) is 0 Å². The maximum absolute atomic E-state index is 5.41. The van der Waals surface area contributed by atoms with E-state index >= 15 is 0 Å². The highest BCUT2D eigenvalue weighted by Gasteiger charge is 2.22. The number of halogens is 1. The van der Waals surface area contributed by atoms with Gasteiger partial charge in [0.05, 0.1) is 12.5 Å². The van der Waals surface area contributed by atoms with Gasteiger partial charge < -0.3 is 4.74 Å². The molecule has 1 aliphatic carbocycles. The lowest BCUT2D eigenvalue weighted by Gasteiger charge is -2.27. The first-order chi connectivity index (χ1) is 9.86. The first-order valence-electron chi connectivity index (χ1n) is 7.51. The molecule has 3 heteroatoms. The molecule has 2 aliphatic rings. The Morgan fingerprint density at radius 3 is 2.86 bits per heavy atom. The predicted molar refractivity (Wildman–Crippen MR) is 88.8 cm³/mol. The standard InChI is InChI=1S/C18H19NO.ClH/c1-20-14-8-6-12-7-9-17-18(16(12)10-14)15-5-3-2-4-13(15)11-19-17;/h6-10,13H,2-5,11H2,1H3;1H. The topological polar surface area (TPSA) is 21.6 Å². The molecule has 2 aromatic rings. The minimum atomic E-state index is 0. The van der Waals surface area contributed by atoms with Crippen LogP contribution in [0.25, 0.3) is 16.3 Å². The molecule has 1 heterocycles. The molecule has 1 atom stereocenters. The van der Waals surface area contributed by atoms with E-state index in [4.69, 9.17) is 9.73 Å². The van der Waals surface area contributed by atoms with Gasteiger partial charge in [0.2, 0.25) is 0 Å². The first kappa shape index (κ1) is 14.4. The summed E-state index contributed by atoms with van der Waals surface area (Å²) >= 11 is 0. The molecule has 0 bridgehead atoms. The van der Waals surface area contributed by atoms with E-state index < -0.39 is 0 Å². The summed E-state index contributed by atoms with van der Waals surface area (Å²) < 4.78 is 5.41. The van der Waals surface area contributed by atoms with E-state index in [-0.39, 0.29) is 12.4 Å². The minimum Gasteiger partial charge on any atom is -0.497 e. The molecule has 1 saturated carbocycles. The van der Waals surface area contributed by atoms with Gasteiger partial charge in [0.1, 0.15) is 5.75 Å². The molecule has 1 unspecified atom stereocenters. The van der Waals surface area contributed by atoms with E-state index in [1.54, 1.807) is 12.7 Å². The van der Waals surface area contributed by atoms with Gasteiger partial charge in [0.25, 0.3) is 0 Å². The van der Waals surface area contributed by atoms with E-state index in [0.29, 0.717) is 5.92 Å². The zero-order valence-electron chi connectivity index (χ0n) is 12.3. The molecular formula is C18H20ClNO. The second kappa shape index (κ2) is 5.69. The quantitative estimate of drug-likeness (QED) is 0.792. The van der Waals surface area contributed by atoms with Crippen LogP contribution >= 0.6 is 12.4 Å². The number of hydrogen-bond acceptors (Lipinski definition) is 2. The van der Waals surface area contributed by atoms with Crippen LogP contribution < -0.4 is 15.3 Å². The monoisotopic (exact) mass is 301 g/mol. The van der Waals surface area contributed by atoms with Crippen LogP contribution in [0.3, 0.4) is 0 Å². The molecule has 1 fully saturated rings. The average Bonchev–Trinajstić information content (AvgIpc) is 2.53. The number of fused-ring (bicyclic) bond motifs is 4. The Hall–Kier alpha value is -1.54. The number of rotatable bonds is 1. The number of hydrogen-bond donors (Lipinski definition) is 0. The molecule has 2 nitrogen and oxygen atoms in total. The van der Waals surface area contributed by atoms with Gasteiger partial charge in [-0.15, -0.1) is 12.4 Å². The second-order valence-corrected chi connectivity index (χ2v) is 5.86. The molecular weight excluding hydrogens is 282 g/mol. The van der Waals surface area contributed by atoms with Gasteiger partial charge in [-0.1, -0.05) is 24.1 Å². The third-order valence-electron chi connectivity index (χ3n) is 4.75. The van der Waals surface area contributed by atoms with Crippen LogP contribution in [-0.4, -0.2) is 13.7 Å². The van der Waals surface area contributed by atoms with E-state index in [9.17, 15) is 0 Å². The van der Waals surface area contributed by atoms with Crippen LogP contribution in [0.2, 0.25) is 0 Å². The van der Waals surface area contributed by atoms with Gasteiger partial charge in [-0.3, -0.25) is 4.99 Å². The van der Waals surface area contributed by atoms with Crippen molar-refractivity contribution >= 4 is 28.8 Å². The SMILES string of the molecule is COc1ccc2ccc3c(c2c1)=C1CCCCC1CN=3.Cl. The Balaban J connectivity index is 0.00000132. The number of ether oxygens (including phenoxy) is 1. The van der Waals surface area contributed by atoms with Crippen molar-refractivity contribution in [1.29, 1.82) is 0 Å². The van der Waals surface area contributed by atoms with Crippen molar-refractivity contribution in [3.05, 3.63) is 40.9 Å².